The Hall–Kier alpha value is -3.23. The molecular formula is C23H16BrN5OS. The van der Waals surface area contributed by atoms with Gasteiger partial charge in [-0.1, -0.05) is 60.3 Å². The van der Waals surface area contributed by atoms with E-state index < -0.39 is 0 Å². The van der Waals surface area contributed by atoms with Crippen molar-refractivity contribution in [3.63, 3.8) is 0 Å². The third-order valence-corrected chi connectivity index (χ3v) is 6.14. The number of halogens is 1. The summed E-state index contributed by atoms with van der Waals surface area (Å²) < 4.78 is 4.39. The molecule has 0 aliphatic heterocycles. The molecule has 0 fully saturated rings. The fourth-order valence-electron chi connectivity index (χ4n) is 3.29. The molecule has 5 aromatic rings. The zero-order valence-electron chi connectivity index (χ0n) is 16.2. The van der Waals surface area contributed by atoms with Crippen LogP contribution in [0.5, 0.6) is 0 Å². The molecule has 2 aromatic carbocycles. The number of fused-ring (bicyclic) bond motifs is 1. The lowest BCUT2D eigenvalue weighted by molar-refractivity contribution is 0.884. The van der Waals surface area contributed by atoms with Gasteiger partial charge in [0, 0.05) is 33.7 Å². The molecule has 152 valence electrons. The Morgan fingerprint density at radius 3 is 2.42 bits per heavy atom. The molecular weight excluding hydrogens is 474 g/mol. The zero-order valence-corrected chi connectivity index (χ0v) is 18.6. The average molecular weight is 490 g/mol. The van der Waals surface area contributed by atoms with Crippen molar-refractivity contribution in [3.05, 3.63) is 106 Å². The number of rotatable bonds is 5. The van der Waals surface area contributed by atoms with Crippen molar-refractivity contribution < 1.29 is 0 Å². The maximum absolute atomic E-state index is 12.5. The highest BCUT2D eigenvalue weighted by atomic mass is 79.9. The Bertz CT molecular complexity index is 1420. The maximum atomic E-state index is 12.5. The van der Waals surface area contributed by atoms with E-state index >= 15 is 0 Å². The van der Waals surface area contributed by atoms with Crippen molar-refractivity contribution in [2.24, 2.45) is 0 Å². The maximum Gasteiger partial charge on any atom is 0.258 e. The van der Waals surface area contributed by atoms with Gasteiger partial charge in [-0.3, -0.25) is 13.8 Å². The smallest absolute Gasteiger partial charge is 0.258 e. The van der Waals surface area contributed by atoms with Crippen LogP contribution < -0.4 is 5.56 Å². The molecule has 0 amide bonds. The number of pyridine rings is 1. The van der Waals surface area contributed by atoms with Gasteiger partial charge in [-0.2, -0.15) is 0 Å². The number of hydrogen-bond acceptors (Lipinski definition) is 5. The minimum atomic E-state index is -0.114. The van der Waals surface area contributed by atoms with Gasteiger partial charge in [-0.05, 0) is 40.2 Å². The van der Waals surface area contributed by atoms with E-state index in [4.69, 9.17) is 0 Å². The summed E-state index contributed by atoms with van der Waals surface area (Å²) in [5, 5.41) is 9.63. The van der Waals surface area contributed by atoms with Gasteiger partial charge in [0.2, 0.25) is 0 Å². The van der Waals surface area contributed by atoms with Crippen LogP contribution in [0.25, 0.3) is 22.7 Å². The molecule has 0 aliphatic carbocycles. The van der Waals surface area contributed by atoms with E-state index in [1.807, 2.05) is 77.4 Å². The van der Waals surface area contributed by atoms with Gasteiger partial charge < -0.3 is 0 Å². The lowest BCUT2D eigenvalue weighted by Crippen LogP contribution is -2.15. The first-order valence-electron chi connectivity index (χ1n) is 9.56. The number of hydrogen-bond donors (Lipinski definition) is 0. The second-order valence-corrected chi connectivity index (χ2v) is 8.65. The second kappa shape index (κ2) is 8.49. The van der Waals surface area contributed by atoms with E-state index in [2.05, 4.69) is 31.1 Å². The topological polar surface area (TPSA) is 65.1 Å². The van der Waals surface area contributed by atoms with Crippen molar-refractivity contribution >= 4 is 33.3 Å². The lowest BCUT2D eigenvalue weighted by atomic mass is 10.2. The molecule has 0 unspecified atom stereocenters. The van der Waals surface area contributed by atoms with Crippen molar-refractivity contribution in [2.75, 3.05) is 0 Å². The highest BCUT2D eigenvalue weighted by Gasteiger charge is 2.16. The van der Waals surface area contributed by atoms with E-state index in [-0.39, 0.29) is 5.56 Å². The van der Waals surface area contributed by atoms with E-state index in [9.17, 15) is 4.79 Å². The van der Waals surface area contributed by atoms with Gasteiger partial charge >= 0.3 is 0 Å². The van der Waals surface area contributed by atoms with Gasteiger partial charge in [0.15, 0.2) is 11.0 Å². The quantitative estimate of drug-likeness (QED) is 0.325. The summed E-state index contributed by atoms with van der Waals surface area (Å²) in [6.07, 6.45) is 1.72. The van der Waals surface area contributed by atoms with E-state index in [0.717, 1.165) is 26.7 Å². The summed E-state index contributed by atoms with van der Waals surface area (Å²) in [5.41, 5.74) is 3.15. The molecule has 0 radical (unpaired) electrons. The standard InChI is InChI=1S/C23H16BrN5OS/c24-17-11-12-20-25-18(13-21(30)28(20)14-17)15-31-23-27-26-22(16-7-3-1-4-8-16)29(23)19-9-5-2-6-10-19/h1-14H,15H2. The fourth-order valence-corrected chi connectivity index (χ4v) is 4.47. The molecule has 0 atom stereocenters. The monoisotopic (exact) mass is 489 g/mol. The summed E-state index contributed by atoms with van der Waals surface area (Å²) in [6, 6.07) is 25.2. The lowest BCUT2D eigenvalue weighted by Gasteiger charge is -2.10. The third-order valence-electron chi connectivity index (χ3n) is 4.71. The highest BCUT2D eigenvalue weighted by molar-refractivity contribution is 9.10. The van der Waals surface area contributed by atoms with E-state index in [0.29, 0.717) is 17.1 Å². The fraction of sp³-hybridized carbons (Fsp3) is 0.0435. The van der Waals surface area contributed by atoms with Crippen LogP contribution in [0.2, 0.25) is 0 Å². The van der Waals surface area contributed by atoms with Gasteiger partial charge in [0.25, 0.3) is 5.56 Å². The van der Waals surface area contributed by atoms with Crippen LogP contribution in [0, 0.1) is 0 Å². The molecule has 0 N–H and O–H groups in total. The Labute approximate surface area is 190 Å². The summed E-state index contributed by atoms with van der Waals surface area (Å²) in [7, 11) is 0. The van der Waals surface area contributed by atoms with Crippen LogP contribution in [0.15, 0.2) is 99.5 Å². The summed E-state index contributed by atoms with van der Waals surface area (Å²) in [6.45, 7) is 0. The van der Waals surface area contributed by atoms with Crippen LogP contribution in [-0.4, -0.2) is 24.1 Å². The van der Waals surface area contributed by atoms with Crippen LogP contribution in [-0.2, 0) is 5.75 Å². The van der Waals surface area contributed by atoms with Crippen LogP contribution >= 0.6 is 27.7 Å². The summed E-state index contributed by atoms with van der Waals surface area (Å²) in [5.74, 6) is 1.27. The Morgan fingerprint density at radius 1 is 0.903 bits per heavy atom. The molecule has 31 heavy (non-hydrogen) atoms. The van der Waals surface area contributed by atoms with Crippen molar-refractivity contribution in [1.29, 1.82) is 0 Å². The predicted octanol–water partition coefficient (Wildman–Crippen LogP) is 5.00. The molecule has 3 aromatic heterocycles. The van der Waals surface area contributed by atoms with Gasteiger partial charge in [-0.15, -0.1) is 10.2 Å². The molecule has 0 saturated carbocycles. The largest absolute Gasteiger partial charge is 0.270 e. The van der Waals surface area contributed by atoms with Crippen molar-refractivity contribution in [1.82, 2.24) is 24.1 Å². The predicted molar refractivity (Wildman–Crippen MR) is 126 cm³/mol. The molecule has 8 heteroatoms. The molecule has 5 rings (SSSR count). The molecule has 3 heterocycles. The molecule has 0 aliphatic rings. The number of thioether (sulfide) groups is 1. The number of aromatic nitrogens is 5. The first kappa shape index (κ1) is 19.7. The Kier molecular flexibility index (Phi) is 5.40. The first-order chi connectivity index (χ1) is 15.2. The van der Waals surface area contributed by atoms with Gasteiger partial charge in [0.05, 0.1) is 5.69 Å². The van der Waals surface area contributed by atoms with E-state index in [1.165, 1.54) is 16.2 Å². The summed E-state index contributed by atoms with van der Waals surface area (Å²) >= 11 is 4.89. The molecule has 0 spiro atoms. The zero-order chi connectivity index (χ0) is 21.2. The number of para-hydroxylation sites is 1. The number of nitrogens with zero attached hydrogens (tertiary/aromatic N) is 5. The second-order valence-electron chi connectivity index (χ2n) is 6.79. The molecule has 0 bridgehead atoms. The van der Waals surface area contributed by atoms with Crippen molar-refractivity contribution in [2.45, 2.75) is 10.9 Å². The minimum Gasteiger partial charge on any atom is -0.270 e. The van der Waals surface area contributed by atoms with Crippen LogP contribution in [0.1, 0.15) is 5.69 Å². The van der Waals surface area contributed by atoms with Crippen molar-refractivity contribution in [3.8, 4) is 17.1 Å². The highest BCUT2D eigenvalue weighted by Crippen LogP contribution is 2.29. The van der Waals surface area contributed by atoms with Gasteiger partial charge in [0.1, 0.15) is 5.65 Å². The normalized spacial score (nSPS) is 11.1. The molecule has 6 nitrogen and oxygen atoms in total. The van der Waals surface area contributed by atoms with E-state index in [1.54, 1.807) is 12.3 Å². The third kappa shape index (κ3) is 4.04. The Balaban J connectivity index is 1.51. The van der Waals surface area contributed by atoms with Crippen LogP contribution in [0.3, 0.4) is 0 Å². The first-order valence-corrected chi connectivity index (χ1v) is 11.3. The molecule has 0 saturated heterocycles. The van der Waals surface area contributed by atoms with Crippen LogP contribution in [0.4, 0.5) is 0 Å². The Morgan fingerprint density at radius 2 is 1.65 bits per heavy atom. The summed E-state index contributed by atoms with van der Waals surface area (Å²) in [4.78, 5) is 17.1. The number of benzene rings is 2. The minimum absolute atomic E-state index is 0.114. The van der Waals surface area contributed by atoms with Gasteiger partial charge in [-0.25, -0.2) is 4.98 Å². The SMILES string of the molecule is O=c1cc(CSc2nnc(-c3ccccc3)n2-c2ccccc2)nc2ccc(Br)cn12. The average Bonchev–Trinajstić information content (AvgIpc) is 3.23.